The Bertz CT molecular complexity index is 563. The molecular weight excluding hydrogens is 304 g/mol. The Balaban J connectivity index is 1.91. The predicted molar refractivity (Wildman–Crippen MR) is 95.0 cm³/mol. The summed E-state index contributed by atoms with van der Waals surface area (Å²) < 4.78 is 5.74. The number of likely N-dealkylation sites (tertiary alicyclic amines) is 1. The van der Waals surface area contributed by atoms with Gasteiger partial charge >= 0.3 is 0 Å². The third-order valence-electron chi connectivity index (χ3n) is 4.19. The van der Waals surface area contributed by atoms with Gasteiger partial charge in [-0.2, -0.15) is 0 Å². The third kappa shape index (κ3) is 4.98. The molecule has 1 aromatic carbocycles. The fourth-order valence-corrected chi connectivity index (χ4v) is 2.92. The molecule has 1 fully saturated rings. The largest absolute Gasteiger partial charge is 0.489 e. The highest BCUT2D eigenvalue weighted by Crippen LogP contribution is 2.27. The summed E-state index contributed by atoms with van der Waals surface area (Å²) in [5.41, 5.74) is 0.709. The Morgan fingerprint density at radius 3 is 2.54 bits per heavy atom. The van der Waals surface area contributed by atoms with E-state index < -0.39 is 0 Å². The van der Waals surface area contributed by atoms with Crippen molar-refractivity contribution in [1.29, 1.82) is 0 Å². The van der Waals surface area contributed by atoms with Gasteiger partial charge in [-0.25, -0.2) is 0 Å². The maximum Gasteiger partial charge on any atom is 0.227 e. The number of piperidine rings is 1. The number of carbonyl (C=O) groups is 2. The van der Waals surface area contributed by atoms with Crippen molar-refractivity contribution in [2.24, 2.45) is 5.92 Å². The number of nitrogens with zero attached hydrogens (tertiary/aromatic N) is 1. The molecule has 0 bridgehead atoms. The van der Waals surface area contributed by atoms with Crippen molar-refractivity contribution in [2.45, 2.75) is 52.6 Å². The molecule has 1 aliphatic heterocycles. The number of hydrogen-bond acceptors (Lipinski definition) is 3. The van der Waals surface area contributed by atoms with Crippen LogP contribution in [0, 0.1) is 5.92 Å². The Kier molecular flexibility index (Phi) is 6.64. The molecule has 2 amide bonds. The lowest BCUT2D eigenvalue weighted by Gasteiger charge is -2.31. The zero-order chi connectivity index (χ0) is 17.5. The van der Waals surface area contributed by atoms with Gasteiger partial charge in [0.2, 0.25) is 11.8 Å². The lowest BCUT2D eigenvalue weighted by molar-refractivity contribution is -0.134. The molecule has 1 aromatic rings. The minimum Gasteiger partial charge on any atom is -0.489 e. The topological polar surface area (TPSA) is 58.6 Å². The van der Waals surface area contributed by atoms with Crippen molar-refractivity contribution >= 4 is 17.5 Å². The summed E-state index contributed by atoms with van der Waals surface area (Å²) in [7, 11) is 0. The quantitative estimate of drug-likeness (QED) is 0.868. The molecular formula is C19H28N2O3. The van der Waals surface area contributed by atoms with Crippen LogP contribution in [0.1, 0.15) is 46.5 Å². The Morgan fingerprint density at radius 1 is 1.25 bits per heavy atom. The summed E-state index contributed by atoms with van der Waals surface area (Å²) >= 11 is 0. The van der Waals surface area contributed by atoms with Crippen molar-refractivity contribution in [3.8, 4) is 5.75 Å². The third-order valence-corrected chi connectivity index (χ3v) is 4.19. The monoisotopic (exact) mass is 332 g/mol. The number of anilines is 1. The zero-order valence-corrected chi connectivity index (χ0v) is 14.9. The average Bonchev–Trinajstić information content (AvgIpc) is 2.56. The fourth-order valence-electron chi connectivity index (χ4n) is 2.92. The second kappa shape index (κ2) is 8.71. The van der Waals surface area contributed by atoms with Gasteiger partial charge in [-0.1, -0.05) is 19.1 Å². The van der Waals surface area contributed by atoms with Gasteiger partial charge in [0.15, 0.2) is 0 Å². The summed E-state index contributed by atoms with van der Waals surface area (Å²) in [5, 5.41) is 2.99. The van der Waals surface area contributed by atoms with E-state index in [2.05, 4.69) is 5.32 Å². The molecule has 0 aromatic heterocycles. The molecule has 0 spiro atoms. The van der Waals surface area contributed by atoms with E-state index in [-0.39, 0.29) is 23.8 Å². The Labute approximate surface area is 144 Å². The van der Waals surface area contributed by atoms with E-state index >= 15 is 0 Å². The minimum atomic E-state index is -0.0530. The smallest absolute Gasteiger partial charge is 0.227 e. The molecule has 0 unspecified atom stereocenters. The maximum atomic E-state index is 12.5. The van der Waals surface area contributed by atoms with Crippen LogP contribution in [0.25, 0.3) is 0 Å². The first-order valence-electron chi connectivity index (χ1n) is 8.85. The van der Waals surface area contributed by atoms with Crippen molar-refractivity contribution in [3.63, 3.8) is 0 Å². The Hall–Kier alpha value is -2.04. The van der Waals surface area contributed by atoms with Crippen molar-refractivity contribution < 1.29 is 14.3 Å². The number of nitrogens with one attached hydrogen (secondary N) is 1. The SMILES string of the molecule is CCCC(=O)N1CCC(C(=O)Nc2ccccc2OC(C)C)CC1. The summed E-state index contributed by atoms with van der Waals surface area (Å²) in [4.78, 5) is 26.3. The molecule has 0 aliphatic carbocycles. The molecule has 5 heteroatoms. The van der Waals surface area contributed by atoms with Crippen LogP contribution in [0.3, 0.4) is 0 Å². The first kappa shape index (κ1) is 18.3. The van der Waals surface area contributed by atoms with Crippen LogP contribution >= 0.6 is 0 Å². The van der Waals surface area contributed by atoms with Crippen LogP contribution in [-0.2, 0) is 9.59 Å². The highest BCUT2D eigenvalue weighted by molar-refractivity contribution is 5.94. The predicted octanol–water partition coefficient (Wildman–Crippen LogP) is 3.45. The van der Waals surface area contributed by atoms with E-state index in [4.69, 9.17) is 4.74 Å². The average molecular weight is 332 g/mol. The number of rotatable bonds is 6. The van der Waals surface area contributed by atoms with Gasteiger partial charge in [0, 0.05) is 25.4 Å². The minimum absolute atomic E-state index is 0.0115. The normalized spacial score (nSPS) is 15.4. The van der Waals surface area contributed by atoms with Gasteiger partial charge in [0.1, 0.15) is 5.75 Å². The number of benzene rings is 1. The number of amides is 2. The molecule has 24 heavy (non-hydrogen) atoms. The van der Waals surface area contributed by atoms with Gasteiger partial charge < -0.3 is 15.0 Å². The Morgan fingerprint density at radius 2 is 1.92 bits per heavy atom. The molecule has 1 heterocycles. The number of ether oxygens (including phenoxy) is 1. The van der Waals surface area contributed by atoms with Crippen LogP contribution < -0.4 is 10.1 Å². The van der Waals surface area contributed by atoms with Crippen molar-refractivity contribution in [1.82, 2.24) is 4.90 Å². The van der Waals surface area contributed by atoms with Gasteiger partial charge in [-0.15, -0.1) is 0 Å². The first-order valence-corrected chi connectivity index (χ1v) is 8.85. The van der Waals surface area contributed by atoms with Crippen LogP contribution in [-0.4, -0.2) is 35.9 Å². The number of hydrogen-bond donors (Lipinski definition) is 1. The number of para-hydroxylation sites is 2. The fraction of sp³-hybridized carbons (Fsp3) is 0.579. The van der Waals surface area contributed by atoms with Gasteiger partial charge in [0.25, 0.3) is 0 Å². The van der Waals surface area contributed by atoms with Crippen LogP contribution in [0.5, 0.6) is 5.75 Å². The highest BCUT2D eigenvalue weighted by Gasteiger charge is 2.27. The first-order chi connectivity index (χ1) is 11.5. The lowest BCUT2D eigenvalue weighted by Crippen LogP contribution is -2.41. The van der Waals surface area contributed by atoms with E-state index in [1.807, 2.05) is 49.9 Å². The molecule has 0 atom stereocenters. The van der Waals surface area contributed by atoms with Gasteiger partial charge in [-0.05, 0) is 45.2 Å². The highest BCUT2D eigenvalue weighted by atomic mass is 16.5. The second-order valence-electron chi connectivity index (χ2n) is 6.56. The molecule has 0 saturated carbocycles. The zero-order valence-electron chi connectivity index (χ0n) is 14.9. The summed E-state index contributed by atoms with van der Waals surface area (Å²) in [6.45, 7) is 7.26. The lowest BCUT2D eigenvalue weighted by atomic mass is 9.95. The van der Waals surface area contributed by atoms with E-state index in [0.717, 1.165) is 6.42 Å². The maximum absolute atomic E-state index is 12.5. The summed E-state index contributed by atoms with van der Waals surface area (Å²) in [6, 6.07) is 7.50. The molecule has 132 valence electrons. The molecule has 0 radical (unpaired) electrons. The number of carbonyl (C=O) groups excluding carboxylic acids is 2. The second-order valence-corrected chi connectivity index (χ2v) is 6.56. The molecule has 2 rings (SSSR count). The van der Waals surface area contributed by atoms with E-state index in [1.165, 1.54) is 0 Å². The molecule has 1 saturated heterocycles. The molecule has 1 N–H and O–H groups in total. The van der Waals surface area contributed by atoms with Gasteiger partial charge in [-0.3, -0.25) is 9.59 Å². The standard InChI is InChI=1S/C19H28N2O3/c1-4-7-18(22)21-12-10-15(11-13-21)19(23)20-16-8-5-6-9-17(16)24-14(2)3/h5-6,8-9,14-15H,4,7,10-13H2,1-3H3,(H,20,23). The molecule has 5 nitrogen and oxygen atoms in total. The summed E-state index contributed by atoms with van der Waals surface area (Å²) in [6.07, 6.45) is 2.95. The van der Waals surface area contributed by atoms with E-state index in [0.29, 0.717) is 43.8 Å². The van der Waals surface area contributed by atoms with E-state index in [1.54, 1.807) is 0 Å². The van der Waals surface area contributed by atoms with Crippen molar-refractivity contribution in [3.05, 3.63) is 24.3 Å². The summed E-state index contributed by atoms with van der Waals surface area (Å²) in [5.74, 6) is 0.851. The van der Waals surface area contributed by atoms with Gasteiger partial charge in [0.05, 0.1) is 11.8 Å². The molecule has 1 aliphatic rings. The van der Waals surface area contributed by atoms with Crippen LogP contribution in [0.4, 0.5) is 5.69 Å². The van der Waals surface area contributed by atoms with Crippen LogP contribution in [0.2, 0.25) is 0 Å². The van der Waals surface area contributed by atoms with E-state index in [9.17, 15) is 9.59 Å². The van der Waals surface area contributed by atoms with Crippen LogP contribution in [0.15, 0.2) is 24.3 Å². The van der Waals surface area contributed by atoms with Crippen molar-refractivity contribution in [2.75, 3.05) is 18.4 Å².